The van der Waals surface area contributed by atoms with Crippen LogP contribution in [0.1, 0.15) is 53.0 Å². The van der Waals surface area contributed by atoms with Gasteiger partial charge >= 0.3 is 6.18 Å². The zero-order valence-electron chi connectivity index (χ0n) is 16.8. The molecular formula is C21H18ClF5N4O. The number of amides is 1. The average molecular weight is 473 g/mol. The van der Waals surface area contributed by atoms with Gasteiger partial charge in [-0.25, -0.2) is 18.3 Å². The minimum absolute atomic E-state index is 0.0235. The normalized spacial score (nSPS) is 19.7. The van der Waals surface area contributed by atoms with Crippen LogP contribution < -0.4 is 0 Å². The first-order valence-corrected chi connectivity index (χ1v) is 10.2. The second-order valence-corrected chi connectivity index (χ2v) is 8.23. The Morgan fingerprint density at radius 1 is 1.22 bits per heavy atom. The minimum Gasteiger partial charge on any atom is -0.338 e. The smallest absolute Gasteiger partial charge is 0.338 e. The third-order valence-corrected chi connectivity index (χ3v) is 6.10. The van der Waals surface area contributed by atoms with E-state index in [-0.39, 0.29) is 29.6 Å². The zero-order chi connectivity index (χ0) is 23.2. The van der Waals surface area contributed by atoms with Gasteiger partial charge in [0, 0.05) is 30.6 Å². The number of rotatable bonds is 3. The Morgan fingerprint density at radius 3 is 2.66 bits per heavy atom. The number of alkyl halides is 5. The Labute approximate surface area is 184 Å². The van der Waals surface area contributed by atoms with Crippen LogP contribution in [0.15, 0.2) is 36.5 Å². The highest BCUT2D eigenvalue weighted by atomic mass is 35.5. The molecule has 11 heteroatoms. The van der Waals surface area contributed by atoms with Crippen LogP contribution in [0.3, 0.4) is 0 Å². The van der Waals surface area contributed by atoms with Crippen molar-refractivity contribution in [3.63, 3.8) is 0 Å². The molecule has 2 aromatic heterocycles. The lowest BCUT2D eigenvalue weighted by atomic mass is 9.84. The van der Waals surface area contributed by atoms with Gasteiger partial charge in [-0.2, -0.15) is 18.3 Å². The Morgan fingerprint density at radius 2 is 1.97 bits per heavy atom. The van der Waals surface area contributed by atoms with E-state index < -0.39 is 34.8 Å². The van der Waals surface area contributed by atoms with Crippen LogP contribution in [-0.2, 0) is 6.18 Å². The molecule has 0 saturated carbocycles. The van der Waals surface area contributed by atoms with E-state index in [1.165, 1.54) is 33.8 Å². The number of hydrogen-bond donors (Lipinski definition) is 0. The minimum atomic E-state index is -4.69. The molecule has 0 N–H and O–H groups in total. The molecule has 2 atom stereocenters. The number of carbonyl (C=O) groups excluding carboxylic acids is 1. The highest BCUT2D eigenvalue weighted by Gasteiger charge is 2.36. The van der Waals surface area contributed by atoms with E-state index in [0.29, 0.717) is 18.7 Å². The summed E-state index contributed by atoms with van der Waals surface area (Å²) in [5, 5.41) is 3.68. The quantitative estimate of drug-likeness (QED) is 0.466. The van der Waals surface area contributed by atoms with Crippen molar-refractivity contribution in [2.75, 3.05) is 13.1 Å². The van der Waals surface area contributed by atoms with Crippen molar-refractivity contribution >= 4 is 23.2 Å². The van der Waals surface area contributed by atoms with Crippen LogP contribution in [0, 0.1) is 5.92 Å². The van der Waals surface area contributed by atoms with Gasteiger partial charge in [-0.15, -0.1) is 0 Å². The van der Waals surface area contributed by atoms with Crippen molar-refractivity contribution in [3.05, 3.63) is 64.1 Å². The number of fused-ring (bicyclic) bond motifs is 1. The van der Waals surface area contributed by atoms with Gasteiger partial charge in [0.15, 0.2) is 5.65 Å². The fraction of sp³-hybridized carbons (Fsp3) is 0.381. The molecular weight excluding hydrogens is 455 g/mol. The van der Waals surface area contributed by atoms with Crippen LogP contribution in [0.5, 0.6) is 0 Å². The first-order chi connectivity index (χ1) is 15.1. The summed E-state index contributed by atoms with van der Waals surface area (Å²) in [6.45, 7) is 2.41. The molecule has 1 amide bonds. The van der Waals surface area contributed by atoms with Crippen LogP contribution in [-0.4, -0.2) is 38.5 Å². The molecule has 1 aromatic carbocycles. The Bertz CT molecular complexity index is 1160. The fourth-order valence-corrected chi connectivity index (χ4v) is 4.25. The number of halogens is 6. The Balaban J connectivity index is 1.67. The molecule has 5 nitrogen and oxygen atoms in total. The molecule has 1 unspecified atom stereocenters. The summed E-state index contributed by atoms with van der Waals surface area (Å²) in [5.41, 5.74) is -0.868. The Hall–Kier alpha value is -2.75. The molecule has 1 aliphatic heterocycles. The molecule has 0 aliphatic carbocycles. The van der Waals surface area contributed by atoms with E-state index in [1.54, 1.807) is 0 Å². The summed E-state index contributed by atoms with van der Waals surface area (Å²) in [4.78, 5) is 18.4. The first kappa shape index (κ1) is 22.4. The van der Waals surface area contributed by atoms with Crippen LogP contribution in [0.25, 0.3) is 5.65 Å². The summed E-state index contributed by atoms with van der Waals surface area (Å²) in [7, 11) is 0. The predicted octanol–water partition coefficient (Wildman–Crippen LogP) is 5.60. The van der Waals surface area contributed by atoms with Crippen molar-refractivity contribution < 1.29 is 26.7 Å². The zero-order valence-corrected chi connectivity index (χ0v) is 17.5. The maximum absolute atomic E-state index is 13.4. The Kier molecular flexibility index (Phi) is 5.83. The second-order valence-electron chi connectivity index (χ2n) is 7.82. The lowest BCUT2D eigenvalue weighted by Gasteiger charge is -2.37. The molecule has 3 aromatic rings. The SMILES string of the molecule is CC1CCN(C(=O)c2ccc(Cl)c(C(F)(F)F)c2)C[C@H]1c1cc(C(F)F)nc2ccnn12. The van der Waals surface area contributed by atoms with E-state index in [0.717, 1.165) is 12.1 Å². The maximum atomic E-state index is 13.4. The number of benzene rings is 1. The summed E-state index contributed by atoms with van der Waals surface area (Å²) in [6.07, 6.45) is -5.48. The van der Waals surface area contributed by atoms with Gasteiger partial charge in [-0.05, 0) is 36.6 Å². The van der Waals surface area contributed by atoms with Crippen LogP contribution in [0.4, 0.5) is 22.0 Å². The molecule has 0 bridgehead atoms. The van der Waals surface area contributed by atoms with Crippen LogP contribution >= 0.6 is 11.6 Å². The van der Waals surface area contributed by atoms with Gasteiger partial charge < -0.3 is 4.90 Å². The number of nitrogens with zero attached hydrogens (tertiary/aromatic N) is 4. The summed E-state index contributed by atoms with van der Waals surface area (Å²) in [5.74, 6) is -0.913. The highest BCUT2D eigenvalue weighted by molar-refractivity contribution is 6.31. The molecule has 170 valence electrons. The summed E-state index contributed by atoms with van der Waals surface area (Å²) >= 11 is 5.66. The van der Waals surface area contributed by atoms with Gasteiger partial charge in [0.05, 0.1) is 22.5 Å². The topological polar surface area (TPSA) is 50.5 Å². The lowest BCUT2D eigenvalue weighted by molar-refractivity contribution is -0.137. The molecule has 3 heterocycles. The monoisotopic (exact) mass is 472 g/mol. The molecule has 0 spiro atoms. The maximum Gasteiger partial charge on any atom is 0.417 e. The number of likely N-dealkylation sites (tertiary alicyclic amines) is 1. The van der Waals surface area contributed by atoms with E-state index in [1.807, 2.05) is 6.92 Å². The lowest BCUT2D eigenvalue weighted by Crippen LogP contribution is -2.42. The van der Waals surface area contributed by atoms with E-state index in [4.69, 9.17) is 11.6 Å². The second kappa shape index (κ2) is 8.31. The van der Waals surface area contributed by atoms with Crippen molar-refractivity contribution in [1.82, 2.24) is 19.5 Å². The first-order valence-electron chi connectivity index (χ1n) is 9.85. The molecule has 4 rings (SSSR count). The largest absolute Gasteiger partial charge is 0.417 e. The van der Waals surface area contributed by atoms with Crippen molar-refractivity contribution in [3.8, 4) is 0 Å². The van der Waals surface area contributed by atoms with Gasteiger partial charge in [0.1, 0.15) is 5.69 Å². The third-order valence-electron chi connectivity index (χ3n) is 5.77. The predicted molar refractivity (Wildman–Crippen MR) is 107 cm³/mol. The molecule has 1 saturated heterocycles. The number of aromatic nitrogens is 3. The standard InChI is InChI=1S/C21H18ClF5N4O/c1-11-5-7-30(20(32)12-2-3-15(22)14(8-12)21(25,26)27)10-13(11)17-9-16(19(23)24)29-18-4-6-28-31(17)18/h2-4,6,8-9,11,13,19H,5,7,10H2,1H3/t11?,13-/m1/s1. The van der Waals surface area contributed by atoms with E-state index >= 15 is 0 Å². The fourth-order valence-electron chi connectivity index (χ4n) is 4.03. The number of hydrogen-bond acceptors (Lipinski definition) is 3. The molecule has 0 radical (unpaired) electrons. The summed E-state index contributed by atoms with van der Waals surface area (Å²) in [6, 6.07) is 5.83. The number of carbonyl (C=O) groups is 1. The summed E-state index contributed by atoms with van der Waals surface area (Å²) < 4.78 is 67.8. The van der Waals surface area contributed by atoms with Gasteiger partial charge in [0.2, 0.25) is 0 Å². The van der Waals surface area contributed by atoms with Crippen LogP contribution in [0.2, 0.25) is 5.02 Å². The molecule has 32 heavy (non-hydrogen) atoms. The van der Waals surface area contributed by atoms with Gasteiger partial charge in [0.25, 0.3) is 12.3 Å². The highest BCUT2D eigenvalue weighted by Crippen LogP contribution is 2.37. The van der Waals surface area contributed by atoms with E-state index in [2.05, 4.69) is 10.1 Å². The van der Waals surface area contributed by atoms with Crippen molar-refractivity contribution in [2.24, 2.45) is 5.92 Å². The van der Waals surface area contributed by atoms with Crippen molar-refractivity contribution in [1.29, 1.82) is 0 Å². The molecule has 1 aliphatic rings. The molecule has 1 fully saturated rings. The van der Waals surface area contributed by atoms with Gasteiger partial charge in [-0.1, -0.05) is 18.5 Å². The van der Waals surface area contributed by atoms with Gasteiger partial charge in [-0.3, -0.25) is 4.79 Å². The van der Waals surface area contributed by atoms with E-state index in [9.17, 15) is 26.7 Å². The number of piperidine rings is 1. The average Bonchev–Trinajstić information content (AvgIpc) is 3.21. The third kappa shape index (κ3) is 4.15. The van der Waals surface area contributed by atoms with Crippen molar-refractivity contribution in [2.45, 2.75) is 31.9 Å².